The fraction of sp³-hybridized carbons (Fsp3) is 1.00. The third-order valence-corrected chi connectivity index (χ3v) is 3.33. The van der Waals surface area contributed by atoms with Crippen LogP contribution in [0.5, 0.6) is 0 Å². The molecule has 1 unspecified atom stereocenters. The van der Waals surface area contributed by atoms with Gasteiger partial charge in [-0.05, 0) is 66.2 Å². The van der Waals surface area contributed by atoms with E-state index < -0.39 is 0 Å². The molecule has 96 valence electrons. The van der Waals surface area contributed by atoms with Crippen molar-refractivity contribution in [2.75, 3.05) is 26.7 Å². The van der Waals surface area contributed by atoms with Crippen LogP contribution in [0.15, 0.2) is 0 Å². The first-order valence-electron chi connectivity index (χ1n) is 6.74. The van der Waals surface area contributed by atoms with Gasteiger partial charge in [-0.2, -0.15) is 0 Å². The highest BCUT2D eigenvalue weighted by molar-refractivity contribution is 6.11. The first-order valence-corrected chi connectivity index (χ1v) is 6.74. The molecule has 0 aliphatic heterocycles. The van der Waals surface area contributed by atoms with Crippen LogP contribution in [0.3, 0.4) is 0 Å². The average molecular weight is 226 g/mol. The highest BCUT2D eigenvalue weighted by Gasteiger charge is 2.16. The Morgan fingerprint density at radius 3 is 2.06 bits per heavy atom. The molecule has 0 radical (unpaired) electrons. The number of hydrogen-bond acceptors (Lipinski definition) is 2. The van der Waals surface area contributed by atoms with Crippen LogP contribution in [-0.2, 0) is 0 Å². The van der Waals surface area contributed by atoms with Crippen molar-refractivity contribution >= 4 is 7.85 Å². The SMILES string of the molecule is BC(C)N(CCC)CCCN(C)C(C)(C)C. The van der Waals surface area contributed by atoms with E-state index in [1.807, 2.05) is 0 Å². The van der Waals surface area contributed by atoms with E-state index in [0.29, 0.717) is 11.5 Å². The van der Waals surface area contributed by atoms with Crippen LogP contribution < -0.4 is 0 Å². The van der Waals surface area contributed by atoms with Crippen molar-refractivity contribution in [3.8, 4) is 0 Å². The van der Waals surface area contributed by atoms with Crippen LogP contribution in [0.25, 0.3) is 0 Å². The third-order valence-electron chi connectivity index (χ3n) is 3.33. The zero-order valence-corrected chi connectivity index (χ0v) is 12.5. The van der Waals surface area contributed by atoms with E-state index in [1.165, 1.54) is 32.5 Å². The highest BCUT2D eigenvalue weighted by atomic mass is 15.2. The lowest BCUT2D eigenvalue weighted by Crippen LogP contribution is -2.41. The Kier molecular flexibility index (Phi) is 7.33. The van der Waals surface area contributed by atoms with E-state index in [9.17, 15) is 0 Å². The molecule has 0 spiro atoms. The van der Waals surface area contributed by atoms with Gasteiger partial charge in [-0.1, -0.05) is 13.8 Å². The fourth-order valence-corrected chi connectivity index (χ4v) is 1.76. The maximum atomic E-state index is 2.58. The standard InChI is InChI=1S/C13H31BN2/c1-7-9-16(12(2)14)11-8-10-15(6)13(3,4)5/h12H,7-11,14H2,1-6H3. The van der Waals surface area contributed by atoms with Crippen molar-refractivity contribution in [1.29, 1.82) is 0 Å². The van der Waals surface area contributed by atoms with E-state index in [-0.39, 0.29) is 0 Å². The molecule has 0 fully saturated rings. The molecule has 16 heavy (non-hydrogen) atoms. The first kappa shape index (κ1) is 16.0. The van der Waals surface area contributed by atoms with E-state index in [2.05, 4.69) is 59.3 Å². The minimum Gasteiger partial charge on any atom is -0.309 e. The van der Waals surface area contributed by atoms with Gasteiger partial charge in [0.2, 0.25) is 0 Å². The molecule has 1 atom stereocenters. The average Bonchev–Trinajstić information content (AvgIpc) is 2.14. The molecular weight excluding hydrogens is 195 g/mol. The maximum Gasteiger partial charge on any atom is 0.123 e. The summed E-state index contributed by atoms with van der Waals surface area (Å²) in [7, 11) is 4.52. The molecule has 0 amide bonds. The van der Waals surface area contributed by atoms with Crippen molar-refractivity contribution in [3.63, 3.8) is 0 Å². The van der Waals surface area contributed by atoms with Crippen LogP contribution in [0, 0.1) is 0 Å². The van der Waals surface area contributed by atoms with E-state index in [1.54, 1.807) is 0 Å². The molecule has 0 aromatic rings. The lowest BCUT2D eigenvalue weighted by molar-refractivity contribution is 0.160. The quantitative estimate of drug-likeness (QED) is 0.611. The summed E-state index contributed by atoms with van der Waals surface area (Å²) in [4.78, 5) is 5.02. The Morgan fingerprint density at radius 1 is 1.12 bits per heavy atom. The second kappa shape index (κ2) is 7.34. The van der Waals surface area contributed by atoms with Crippen LogP contribution in [0.4, 0.5) is 0 Å². The Labute approximate surface area is 104 Å². The van der Waals surface area contributed by atoms with Gasteiger partial charge in [-0.3, -0.25) is 0 Å². The van der Waals surface area contributed by atoms with Crippen LogP contribution in [0.1, 0.15) is 47.5 Å². The summed E-state index contributed by atoms with van der Waals surface area (Å²) >= 11 is 0. The van der Waals surface area contributed by atoms with Crippen molar-refractivity contribution in [1.82, 2.24) is 9.80 Å². The Bertz CT molecular complexity index is 175. The van der Waals surface area contributed by atoms with Crippen molar-refractivity contribution in [3.05, 3.63) is 0 Å². The summed E-state index contributed by atoms with van der Waals surface area (Å²) in [6.07, 6.45) is 2.53. The minimum atomic E-state index is 0.299. The number of rotatable bonds is 7. The molecule has 0 N–H and O–H groups in total. The molecule has 0 saturated carbocycles. The van der Waals surface area contributed by atoms with Gasteiger partial charge in [-0.25, -0.2) is 0 Å². The van der Waals surface area contributed by atoms with Crippen molar-refractivity contribution in [2.24, 2.45) is 0 Å². The summed E-state index contributed by atoms with van der Waals surface area (Å²) in [5.74, 6) is 0.680. The molecule has 0 heterocycles. The fourth-order valence-electron chi connectivity index (χ4n) is 1.76. The van der Waals surface area contributed by atoms with Gasteiger partial charge in [0.25, 0.3) is 0 Å². The Balaban J connectivity index is 3.86. The van der Waals surface area contributed by atoms with Crippen LogP contribution in [-0.4, -0.2) is 55.8 Å². The second-order valence-electron chi connectivity index (χ2n) is 6.08. The van der Waals surface area contributed by atoms with Crippen molar-refractivity contribution < 1.29 is 0 Å². The van der Waals surface area contributed by atoms with Gasteiger partial charge in [-0.15, -0.1) is 0 Å². The molecule has 3 heteroatoms. The molecule has 0 bridgehead atoms. The van der Waals surface area contributed by atoms with Crippen molar-refractivity contribution in [2.45, 2.75) is 58.9 Å². The van der Waals surface area contributed by atoms with Gasteiger partial charge in [0.05, 0.1) is 0 Å². The van der Waals surface area contributed by atoms with Gasteiger partial charge < -0.3 is 9.80 Å². The number of hydrogen-bond donors (Lipinski definition) is 0. The monoisotopic (exact) mass is 226 g/mol. The van der Waals surface area contributed by atoms with Gasteiger partial charge in [0, 0.05) is 5.54 Å². The summed E-state index contributed by atoms with van der Waals surface area (Å²) in [6.45, 7) is 15.0. The third kappa shape index (κ3) is 6.54. The molecule has 2 nitrogen and oxygen atoms in total. The largest absolute Gasteiger partial charge is 0.309 e. The van der Waals surface area contributed by atoms with Gasteiger partial charge >= 0.3 is 0 Å². The molecule has 0 saturated heterocycles. The molecule has 0 aliphatic rings. The topological polar surface area (TPSA) is 6.48 Å². The first-order chi connectivity index (χ1) is 7.29. The zero-order valence-electron chi connectivity index (χ0n) is 12.5. The van der Waals surface area contributed by atoms with E-state index in [0.717, 1.165) is 0 Å². The minimum absolute atomic E-state index is 0.299. The molecule has 0 rings (SSSR count). The highest BCUT2D eigenvalue weighted by Crippen LogP contribution is 2.10. The summed E-state index contributed by atoms with van der Waals surface area (Å²) < 4.78 is 0. The van der Waals surface area contributed by atoms with E-state index >= 15 is 0 Å². The zero-order chi connectivity index (χ0) is 12.8. The maximum absolute atomic E-state index is 2.58. The summed E-state index contributed by atoms with van der Waals surface area (Å²) in [5.41, 5.74) is 0.299. The van der Waals surface area contributed by atoms with Gasteiger partial charge in [0.15, 0.2) is 0 Å². The lowest BCUT2D eigenvalue weighted by Gasteiger charge is -2.33. The molecule has 0 aromatic carbocycles. The Hall–Kier alpha value is -0.0151. The van der Waals surface area contributed by atoms with Crippen LogP contribution >= 0.6 is 0 Å². The summed E-state index contributed by atoms with van der Waals surface area (Å²) in [5, 5.41) is 0. The number of nitrogens with zero attached hydrogens (tertiary/aromatic N) is 2. The lowest BCUT2D eigenvalue weighted by atomic mass is 9.96. The second-order valence-corrected chi connectivity index (χ2v) is 6.08. The molecular formula is C13H31BN2. The Morgan fingerprint density at radius 2 is 1.69 bits per heavy atom. The summed E-state index contributed by atoms with van der Waals surface area (Å²) in [6, 6.07) is 0. The molecule has 0 aromatic heterocycles. The van der Waals surface area contributed by atoms with Gasteiger partial charge in [0.1, 0.15) is 7.85 Å². The normalized spacial score (nSPS) is 14.8. The van der Waals surface area contributed by atoms with Crippen LogP contribution in [0.2, 0.25) is 0 Å². The van der Waals surface area contributed by atoms with E-state index in [4.69, 9.17) is 0 Å². The molecule has 0 aliphatic carbocycles. The predicted molar refractivity (Wildman–Crippen MR) is 76.9 cm³/mol. The predicted octanol–water partition coefficient (Wildman–Crippen LogP) is 1.80. The smallest absolute Gasteiger partial charge is 0.123 e.